The maximum Gasteiger partial charge on any atom is 0.263 e. The molecule has 0 saturated heterocycles. The van der Waals surface area contributed by atoms with Crippen LogP contribution in [0.25, 0.3) is 23.4 Å². The van der Waals surface area contributed by atoms with Crippen LogP contribution in [-0.2, 0) is 0 Å². The number of hydrogen-bond acceptors (Lipinski definition) is 6. The number of benzene rings is 1. The summed E-state index contributed by atoms with van der Waals surface area (Å²) in [7, 11) is 0. The zero-order valence-electron chi connectivity index (χ0n) is 14.5. The molecule has 6 nitrogen and oxygen atoms in total. The molecule has 0 aliphatic rings. The van der Waals surface area contributed by atoms with E-state index in [1.807, 2.05) is 49.4 Å². The fourth-order valence-electron chi connectivity index (χ4n) is 2.34. The van der Waals surface area contributed by atoms with E-state index >= 15 is 0 Å². The average Bonchev–Trinajstić information content (AvgIpc) is 3.27. The van der Waals surface area contributed by atoms with Gasteiger partial charge in [-0.25, -0.2) is 4.98 Å². The molecule has 0 radical (unpaired) electrons. The van der Waals surface area contributed by atoms with E-state index in [0.717, 1.165) is 16.8 Å². The highest BCUT2D eigenvalue weighted by Crippen LogP contribution is 2.27. The van der Waals surface area contributed by atoms with Crippen molar-refractivity contribution in [3.63, 3.8) is 0 Å². The number of aliphatic hydroxyl groups excluding tert-OH is 1. The first-order valence-corrected chi connectivity index (χ1v) is 8.97. The van der Waals surface area contributed by atoms with E-state index in [0.29, 0.717) is 15.6 Å². The number of carbonyl (C=O) groups is 1. The van der Waals surface area contributed by atoms with Gasteiger partial charge in [0.2, 0.25) is 0 Å². The zero-order chi connectivity index (χ0) is 18.5. The van der Waals surface area contributed by atoms with E-state index in [1.54, 1.807) is 6.92 Å². The summed E-state index contributed by atoms with van der Waals surface area (Å²) in [5.41, 5.74) is 2.62. The maximum absolute atomic E-state index is 12.1. The molecule has 0 spiro atoms. The van der Waals surface area contributed by atoms with Crippen LogP contribution in [0, 0.1) is 6.92 Å². The Morgan fingerprint density at radius 2 is 2.12 bits per heavy atom. The Bertz CT molecular complexity index is 915. The zero-order valence-corrected chi connectivity index (χ0v) is 15.3. The number of aromatic nitrogens is 2. The van der Waals surface area contributed by atoms with Gasteiger partial charge < -0.3 is 14.9 Å². The van der Waals surface area contributed by atoms with Crippen LogP contribution >= 0.6 is 11.3 Å². The number of amides is 1. The van der Waals surface area contributed by atoms with Crippen LogP contribution in [0.15, 0.2) is 41.1 Å². The topological polar surface area (TPSA) is 88.2 Å². The van der Waals surface area contributed by atoms with Gasteiger partial charge in [0, 0.05) is 17.2 Å². The number of nitrogens with one attached hydrogen (secondary N) is 1. The third-order valence-electron chi connectivity index (χ3n) is 3.75. The van der Waals surface area contributed by atoms with Gasteiger partial charge in [-0.1, -0.05) is 35.5 Å². The van der Waals surface area contributed by atoms with Crippen molar-refractivity contribution in [2.24, 2.45) is 0 Å². The number of carbonyl (C=O) groups excluding carboxylic acids is 1. The molecule has 0 bridgehead atoms. The number of hydrogen-bond donors (Lipinski definition) is 2. The smallest absolute Gasteiger partial charge is 0.263 e. The predicted molar refractivity (Wildman–Crippen MR) is 102 cm³/mol. The first-order chi connectivity index (χ1) is 12.6. The van der Waals surface area contributed by atoms with Crippen LogP contribution in [0.1, 0.15) is 32.9 Å². The lowest BCUT2D eigenvalue weighted by atomic mass is 10.1. The van der Waals surface area contributed by atoms with Crippen molar-refractivity contribution in [2.75, 3.05) is 6.61 Å². The molecule has 2 heterocycles. The third kappa shape index (κ3) is 4.07. The van der Waals surface area contributed by atoms with Gasteiger partial charge in [0.05, 0.1) is 12.8 Å². The molecule has 1 atom stereocenters. The lowest BCUT2D eigenvalue weighted by Crippen LogP contribution is -2.34. The Balaban J connectivity index is 1.80. The van der Waals surface area contributed by atoms with Crippen molar-refractivity contribution in [1.82, 2.24) is 15.5 Å². The number of nitrogens with zero attached hydrogens (tertiary/aromatic N) is 2. The lowest BCUT2D eigenvalue weighted by Gasteiger charge is -2.08. The van der Waals surface area contributed by atoms with Crippen LogP contribution in [0.5, 0.6) is 0 Å². The van der Waals surface area contributed by atoms with Gasteiger partial charge in [0.1, 0.15) is 21.3 Å². The molecule has 0 aliphatic heterocycles. The standard InChI is InChI=1S/C19H19N3O3S/c1-12(11-23)21-19(24)16-10-20-17(26-16)9-8-15-13(2)25-22-18(15)14-6-4-3-5-7-14/h3-10,12,23H,11H2,1-2H3,(H,21,24)/b9-8+. The number of aliphatic hydroxyl groups is 1. The summed E-state index contributed by atoms with van der Waals surface area (Å²) in [5.74, 6) is 0.473. The average molecular weight is 369 g/mol. The summed E-state index contributed by atoms with van der Waals surface area (Å²) >= 11 is 1.28. The molecule has 3 aromatic rings. The molecule has 1 unspecified atom stereocenters. The molecule has 2 aromatic heterocycles. The molecular weight excluding hydrogens is 350 g/mol. The molecular formula is C19H19N3O3S. The van der Waals surface area contributed by atoms with E-state index < -0.39 is 0 Å². The number of rotatable bonds is 6. The second-order valence-corrected chi connectivity index (χ2v) is 6.88. The van der Waals surface area contributed by atoms with E-state index in [9.17, 15) is 4.79 Å². The van der Waals surface area contributed by atoms with Gasteiger partial charge in [0.15, 0.2) is 0 Å². The van der Waals surface area contributed by atoms with Crippen molar-refractivity contribution in [1.29, 1.82) is 0 Å². The Kier molecular flexibility index (Phi) is 5.60. The second kappa shape index (κ2) is 8.07. The van der Waals surface area contributed by atoms with Gasteiger partial charge in [-0.3, -0.25) is 4.79 Å². The Labute approximate surface area is 155 Å². The minimum absolute atomic E-state index is 0.105. The van der Waals surface area contributed by atoms with Crippen LogP contribution in [-0.4, -0.2) is 33.8 Å². The van der Waals surface area contributed by atoms with E-state index in [-0.39, 0.29) is 18.6 Å². The Morgan fingerprint density at radius 3 is 2.85 bits per heavy atom. The lowest BCUT2D eigenvalue weighted by molar-refractivity contribution is 0.0926. The third-order valence-corrected chi connectivity index (χ3v) is 4.71. The summed E-state index contributed by atoms with van der Waals surface area (Å²) in [6, 6.07) is 9.51. The first-order valence-electron chi connectivity index (χ1n) is 8.16. The van der Waals surface area contributed by atoms with Crippen molar-refractivity contribution < 1.29 is 14.4 Å². The molecule has 7 heteroatoms. The Morgan fingerprint density at radius 1 is 1.35 bits per heavy atom. The molecule has 1 amide bonds. The minimum atomic E-state index is -0.295. The van der Waals surface area contributed by atoms with Gasteiger partial charge in [-0.05, 0) is 26.0 Å². The van der Waals surface area contributed by atoms with Crippen molar-refractivity contribution in [3.05, 3.63) is 57.7 Å². The molecule has 1 aromatic carbocycles. The van der Waals surface area contributed by atoms with Crippen molar-refractivity contribution >= 4 is 29.4 Å². The highest BCUT2D eigenvalue weighted by atomic mass is 32.1. The Hall–Kier alpha value is -2.77. The molecule has 134 valence electrons. The quantitative estimate of drug-likeness (QED) is 0.695. The normalized spacial score (nSPS) is 12.4. The number of aryl methyl sites for hydroxylation is 1. The molecule has 0 saturated carbocycles. The van der Waals surface area contributed by atoms with Gasteiger partial charge in [-0.2, -0.15) is 0 Å². The molecule has 0 aliphatic carbocycles. The van der Waals surface area contributed by atoms with E-state index in [1.165, 1.54) is 17.5 Å². The minimum Gasteiger partial charge on any atom is -0.394 e. The molecule has 0 fully saturated rings. The van der Waals surface area contributed by atoms with E-state index in [4.69, 9.17) is 9.63 Å². The predicted octanol–water partition coefficient (Wildman–Crippen LogP) is 3.39. The van der Waals surface area contributed by atoms with Gasteiger partial charge in [0.25, 0.3) is 5.91 Å². The number of thiazole rings is 1. The van der Waals surface area contributed by atoms with Crippen molar-refractivity contribution in [3.8, 4) is 11.3 Å². The fourth-order valence-corrected chi connectivity index (χ4v) is 3.07. The second-order valence-electron chi connectivity index (χ2n) is 5.82. The molecule has 3 rings (SSSR count). The van der Waals surface area contributed by atoms with E-state index in [2.05, 4.69) is 15.5 Å². The van der Waals surface area contributed by atoms with Crippen molar-refractivity contribution in [2.45, 2.75) is 19.9 Å². The van der Waals surface area contributed by atoms with Crippen LogP contribution in [0.2, 0.25) is 0 Å². The molecule has 2 N–H and O–H groups in total. The fraction of sp³-hybridized carbons (Fsp3) is 0.211. The van der Waals surface area contributed by atoms with Crippen LogP contribution in [0.3, 0.4) is 0 Å². The highest BCUT2D eigenvalue weighted by Gasteiger charge is 2.14. The summed E-state index contributed by atoms with van der Waals surface area (Å²) in [6.07, 6.45) is 5.26. The summed E-state index contributed by atoms with van der Waals surface area (Å²) < 4.78 is 5.33. The highest BCUT2D eigenvalue weighted by molar-refractivity contribution is 7.14. The van der Waals surface area contributed by atoms with Gasteiger partial charge >= 0.3 is 0 Å². The van der Waals surface area contributed by atoms with Crippen LogP contribution in [0.4, 0.5) is 0 Å². The maximum atomic E-state index is 12.1. The largest absolute Gasteiger partial charge is 0.394 e. The monoisotopic (exact) mass is 369 g/mol. The summed E-state index contributed by atoms with van der Waals surface area (Å²) in [4.78, 5) is 16.8. The summed E-state index contributed by atoms with van der Waals surface area (Å²) in [6.45, 7) is 3.49. The molecule has 26 heavy (non-hydrogen) atoms. The SMILES string of the molecule is Cc1onc(-c2ccccc2)c1/C=C/c1ncc(C(=O)NC(C)CO)s1. The first kappa shape index (κ1) is 18.0. The van der Waals surface area contributed by atoms with Gasteiger partial charge in [-0.15, -0.1) is 11.3 Å². The summed E-state index contributed by atoms with van der Waals surface area (Å²) in [5, 5.41) is 16.6. The van der Waals surface area contributed by atoms with Crippen LogP contribution < -0.4 is 5.32 Å².